The molecule has 3 aromatic rings. The number of aromatic nitrogens is 4. The molecule has 27 heavy (non-hydrogen) atoms. The molecule has 1 aliphatic rings. The number of carbonyl (C=O) groups excluding carboxylic acids is 1. The molecule has 0 saturated carbocycles. The quantitative estimate of drug-likeness (QED) is 0.731. The molecule has 138 valence electrons. The summed E-state index contributed by atoms with van der Waals surface area (Å²) in [6.07, 6.45) is 4.25. The molecule has 8 heteroatoms. The number of nitrogens with two attached hydrogens (primary N) is 1. The smallest absolute Gasteiger partial charge is 0.274 e. The van der Waals surface area contributed by atoms with Crippen molar-refractivity contribution in [2.24, 2.45) is 12.8 Å². The third-order valence-electron chi connectivity index (χ3n) is 4.66. The molecule has 1 unspecified atom stereocenters. The number of aryl methyl sites for hydroxylation is 1. The summed E-state index contributed by atoms with van der Waals surface area (Å²) in [6, 6.07) is 11.4. The average molecular weight is 363 g/mol. The number of pyridine rings is 1. The van der Waals surface area contributed by atoms with Gasteiger partial charge < -0.3 is 20.5 Å². The van der Waals surface area contributed by atoms with Crippen molar-refractivity contribution in [2.75, 3.05) is 23.3 Å². The van der Waals surface area contributed by atoms with Crippen LogP contribution in [0, 0.1) is 0 Å². The van der Waals surface area contributed by atoms with Crippen LogP contribution in [-0.2, 0) is 7.05 Å². The molecule has 1 saturated heterocycles. The lowest BCUT2D eigenvalue weighted by atomic mass is 10.2. The summed E-state index contributed by atoms with van der Waals surface area (Å²) in [5, 5.41) is 10.9. The van der Waals surface area contributed by atoms with E-state index in [9.17, 15) is 4.79 Å². The van der Waals surface area contributed by atoms with Gasteiger partial charge in [0.15, 0.2) is 5.82 Å². The second-order valence-electron chi connectivity index (χ2n) is 6.69. The van der Waals surface area contributed by atoms with Crippen LogP contribution in [-0.4, -0.2) is 44.8 Å². The monoisotopic (exact) mass is 363 g/mol. The minimum atomic E-state index is -0.254. The van der Waals surface area contributed by atoms with Crippen LogP contribution in [0.5, 0.6) is 0 Å². The first-order valence-electron chi connectivity index (χ1n) is 8.82. The van der Waals surface area contributed by atoms with Gasteiger partial charge in [0.2, 0.25) is 0 Å². The normalized spacial score (nSPS) is 16.5. The Bertz CT molecular complexity index is 968. The van der Waals surface area contributed by atoms with Crippen molar-refractivity contribution >= 4 is 17.3 Å². The zero-order valence-corrected chi connectivity index (χ0v) is 15.0. The van der Waals surface area contributed by atoms with E-state index in [1.807, 2.05) is 41.9 Å². The van der Waals surface area contributed by atoms with E-state index in [0.29, 0.717) is 11.4 Å². The summed E-state index contributed by atoms with van der Waals surface area (Å²) in [5.41, 5.74) is 8.87. The number of carbonyl (C=O) groups is 1. The zero-order valence-electron chi connectivity index (χ0n) is 15.0. The van der Waals surface area contributed by atoms with E-state index >= 15 is 0 Å². The van der Waals surface area contributed by atoms with Crippen molar-refractivity contribution in [3.63, 3.8) is 0 Å². The Balaban J connectivity index is 1.52. The Morgan fingerprint density at radius 1 is 1.30 bits per heavy atom. The third-order valence-corrected chi connectivity index (χ3v) is 4.66. The van der Waals surface area contributed by atoms with Crippen LogP contribution < -0.4 is 16.0 Å². The van der Waals surface area contributed by atoms with Crippen molar-refractivity contribution in [3.05, 3.63) is 54.6 Å². The molecule has 1 aliphatic heterocycles. The summed E-state index contributed by atoms with van der Waals surface area (Å²) in [7, 11) is 1.88. The molecule has 0 radical (unpaired) electrons. The molecule has 8 nitrogen and oxygen atoms in total. The highest BCUT2D eigenvalue weighted by molar-refractivity contribution is 6.03. The van der Waals surface area contributed by atoms with Crippen LogP contribution in [0.2, 0.25) is 0 Å². The van der Waals surface area contributed by atoms with Gasteiger partial charge in [-0.15, -0.1) is 10.2 Å². The fourth-order valence-electron chi connectivity index (χ4n) is 3.24. The van der Waals surface area contributed by atoms with Crippen molar-refractivity contribution < 1.29 is 4.79 Å². The minimum Gasteiger partial charge on any atom is -0.370 e. The maximum absolute atomic E-state index is 12.7. The van der Waals surface area contributed by atoms with Crippen molar-refractivity contribution in [3.8, 4) is 11.4 Å². The summed E-state index contributed by atoms with van der Waals surface area (Å²) in [4.78, 5) is 19.1. The molecule has 3 heterocycles. The topological polar surface area (TPSA) is 102 Å². The number of rotatable bonds is 4. The molecule has 1 amide bonds. The summed E-state index contributed by atoms with van der Waals surface area (Å²) in [5.74, 6) is 0.479. The number of anilines is 2. The van der Waals surface area contributed by atoms with Gasteiger partial charge in [0.1, 0.15) is 12.0 Å². The molecule has 1 atom stereocenters. The van der Waals surface area contributed by atoms with Crippen LogP contribution in [0.15, 0.2) is 48.9 Å². The summed E-state index contributed by atoms with van der Waals surface area (Å²) in [6.45, 7) is 1.69. The number of hydrogen-bond acceptors (Lipinski definition) is 6. The Hall–Kier alpha value is -3.26. The summed E-state index contributed by atoms with van der Waals surface area (Å²) < 4.78 is 1.83. The van der Waals surface area contributed by atoms with E-state index in [2.05, 4.69) is 25.4 Å². The number of benzene rings is 1. The molecule has 0 spiro atoms. The lowest BCUT2D eigenvalue weighted by molar-refractivity contribution is 0.102. The first kappa shape index (κ1) is 17.2. The Morgan fingerprint density at radius 2 is 2.19 bits per heavy atom. The fraction of sp³-hybridized carbons (Fsp3) is 0.263. The Morgan fingerprint density at radius 3 is 2.93 bits per heavy atom. The zero-order chi connectivity index (χ0) is 18.8. The maximum Gasteiger partial charge on any atom is 0.274 e. The molecule has 0 aliphatic carbocycles. The van der Waals surface area contributed by atoms with Crippen molar-refractivity contribution in [1.29, 1.82) is 0 Å². The lowest BCUT2D eigenvalue weighted by Crippen LogP contribution is -2.26. The van der Waals surface area contributed by atoms with Crippen LogP contribution in [0.25, 0.3) is 11.4 Å². The summed E-state index contributed by atoms with van der Waals surface area (Å²) >= 11 is 0. The molecule has 4 rings (SSSR count). The SMILES string of the molecule is Cn1cnnc1-c1cccc(NC(=O)c2cc(N3CCC(N)C3)ccn2)c1. The van der Waals surface area contributed by atoms with Crippen molar-refractivity contribution in [2.45, 2.75) is 12.5 Å². The van der Waals surface area contributed by atoms with Gasteiger partial charge in [0.25, 0.3) is 5.91 Å². The number of amides is 1. The largest absolute Gasteiger partial charge is 0.370 e. The van der Waals surface area contributed by atoms with E-state index in [4.69, 9.17) is 5.73 Å². The second-order valence-corrected chi connectivity index (χ2v) is 6.69. The average Bonchev–Trinajstić information content (AvgIpc) is 3.30. The fourth-order valence-corrected chi connectivity index (χ4v) is 3.24. The number of nitrogens with zero attached hydrogens (tertiary/aromatic N) is 5. The van der Waals surface area contributed by atoms with Crippen molar-refractivity contribution in [1.82, 2.24) is 19.7 Å². The number of nitrogens with one attached hydrogen (secondary N) is 1. The number of hydrogen-bond donors (Lipinski definition) is 2. The first-order chi connectivity index (χ1) is 13.1. The van der Waals surface area contributed by atoms with Crippen LogP contribution >= 0.6 is 0 Å². The van der Waals surface area contributed by atoms with Crippen LogP contribution in [0.4, 0.5) is 11.4 Å². The van der Waals surface area contributed by atoms with Gasteiger partial charge in [-0.25, -0.2) is 0 Å². The molecular weight excluding hydrogens is 342 g/mol. The van der Waals surface area contributed by atoms with E-state index in [0.717, 1.165) is 36.6 Å². The lowest BCUT2D eigenvalue weighted by Gasteiger charge is -2.18. The van der Waals surface area contributed by atoms with Crippen LogP contribution in [0.3, 0.4) is 0 Å². The van der Waals surface area contributed by atoms with Gasteiger partial charge >= 0.3 is 0 Å². The molecule has 3 N–H and O–H groups in total. The van der Waals surface area contributed by atoms with Crippen LogP contribution in [0.1, 0.15) is 16.9 Å². The third kappa shape index (κ3) is 3.65. The highest BCUT2D eigenvalue weighted by Crippen LogP contribution is 2.22. The van der Waals surface area contributed by atoms with E-state index in [1.165, 1.54) is 0 Å². The highest BCUT2D eigenvalue weighted by atomic mass is 16.1. The van der Waals surface area contributed by atoms with Gasteiger partial charge in [-0.2, -0.15) is 0 Å². The molecule has 1 aromatic carbocycles. The van der Waals surface area contributed by atoms with Gasteiger partial charge in [-0.3, -0.25) is 9.78 Å². The Labute approximate surface area is 157 Å². The van der Waals surface area contributed by atoms with Gasteiger partial charge in [0.05, 0.1) is 0 Å². The predicted molar refractivity (Wildman–Crippen MR) is 103 cm³/mol. The van der Waals surface area contributed by atoms with E-state index in [-0.39, 0.29) is 11.9 Å². The minimum absolute atomic E-state index is 0.179. The molecule has 2 aromatic heterocycles. The maximum atomic E-state index is 12.7. The molecule has 1 fully saturated rings. The molecule has 0 bridgehead atoms. The molecular formula is C19H21N7O. The Kier molecular flexibility index (Phi) is 4.55. The van der Waals surface area contributed by atoms with Gasteiger partial charge in [0, 0.05) is 49.3 Å². The standard InChI is InChI=1S/C19H21N7O/c1-25-12-22-24-18(25)13-3-2-4-15(9-13)23-19(27)17-10-16(5-7-21-17)26-8-6-14(20)11-26/h2-5,7,9-10,12,14H,6,8,11,20H2,1H3,(H,23,27). The van der Waals surface area contributed by atoms with Gasteiger partial charge in [-0.1, -0.05) is 12.1 Å². The first-order valence-corrected chi connectivity index (χ1v) is 8.82. The van der Waals surface area contributed by atoms with E-state index in [1.54, 1.807) is 18.6 Å². The van der Waals surface area contributed by atoms with E-state index < -0.39 is 0 Å². The second kappa shape index (κ2) is 7.16. The van der Waals surface area contributed by atoms with Gasteiger partial charge in [-0.05, 0) is 30.7 Å². The predicted octanol–water partition coefficient (Wildman–Crippen LogP) is 1.67. The highest BCUT2D eigenvalue weighted by Gasteiger charge is 2.20.